The molecule has 0 aliphatic heterocycles. The summed E-state index contributed by atoms with van der Waals surface area (Å²) in [4.78, 5) is 11.9. The van der Waals surface area contributed by atoms with Crippen molar-refractivity contribution >= 4 is 22.4 Å². The topological polar surface area (TPSA) is 80.9 Å². The van der Waals surface area contributed by atoms with Crippen molar-refractivity contribution in [2.75, 3.05) is 11.9 Å². The van der Waals surface area contributed by atoms with Crippen molar-refractivity contribution in [2.45, 2.75) is 27.2 Å². The largest absolute Gasteiger partial charge is 0.330 e. The van der Waals surface area contributed by atoms with Crippen molar-refractivity contribution in [1.82, 2.24) is 9.59 Å². The van der Waals surface area contributed by atoms with Crippen LogP contribution in [-0.4, -0.2) is 22.0 Å². The number of hydrogen-bond donors (Lipinski definition) is 2. The lowest BCUT2D eigenvalue weighted by Crippen LogP contribution is -2.32. The van der Waals surface area contributed by atoms with Gasteiger partial charge in [-0.3, -0.25) is 4.79 Å². The highest BCUT2D eigenvalue weighted by molar-refractivity contribution is 7.10. The maximum Gasteiger partial charge on any atom is 0.229 e. The number of carbonyl (C=O) groups excluding carboxylic acids is 1. The van der Waals surface area contributed by atoms with Crippen LogP contribution in [0.25, 0.3) is 0 Å². The van der Waals surface area contributed by atoms with Crippen LogP contribution in [0.1, 0.15) is 27.2 Å². The molecule has 1 heterocycles. The highest BCUT2D eigenvalue weighted by atomic mass is 32.1. The minimum Gasteiger partial charge on any atom is -0.330 e. The van der Waals surface area contributed by atoms with E-state index in [-0.39, 0.29) is 17.2 Å². The van der Waals surface area contributed by atoms with Crippen LogP contribution in [0.2, 0.25) is 0 Å². The van der Waals surface area contributed by atoms with E-state index in [1.54, 1.807) is 0 Å². The van der Waals surface area contributed by atoms with Crippen molar-refractivity contribution in [2.24, 2.45) is 17.1 Å². The number of rotatable bonds is 4. The van der Waals surface area contributed by atoms with E-state index < -0.39 is 0 Å². The summed E-state index contributed by atoms with van der Waals surface area (Å²) >= 11 is 1.16. The molecular formula is C10H18N4OS. The van der Waals surface area contributed by atoms with Crippen LogP contribution in [0, 0.1) is 11.3 Å². The van der Waals surface area contributed by atoms with E-state index in [0.29, 0.717) is 11.5 Å². The third-order valence-corrected chi connectivity index (χ3v) is 2.70. The summed E-state index contributed by atoms with van der Waals surface area (Å²) < 4.78 is 3.68. The molecule has 0 radical (unpaired) electrons. The summed E-state index contributed by atoms with van der Waals surface area (Å²) in [6.07, 6.45) is 2.30. The molecule has 5 nitrogen and oxygen atoms in total. The number of amides is 1. The maximum absolute atomic E-state index is 11.9. The second kappa shape index (κ2) is 5.36. The fraction of sp³-hybridized carbons (Fsp3) is 0.700. The number of aromatic nitrogens is 2. The van der Waals surface area contributed by atoms with Crippen molar-refractivity contribution in [1.29, 1.82) is 0 Å². The molecule has 0 aliphatic rings. The monoisotopic (exact) mass is 242 g/mol. The van der Waals surface area contributed by atoms with E-state index in [2.05, 4.69) is 35.7 Å². The number of nitrogens with one attached hydrogen (secondary N) is 1. The number of anilines is 1. The first kappa shape index (κ1) is 13.1. The molecule has 0 spiro atoms. The van der Waals surface area contributed by atoms with Gasteiger partial charge in [0.1, 0.15) is 5.00 Å². The molecule has 1 rings (SSSR count). The van der Waals surface area contributed by atoms with Crippen LogP contribution in [0.3, 0.4) is 0 Å². The predicted octanol–water partition coefficient (Wildman–Crippen LogP) is 1.49. The van der Waals surface area contributed by atoms with Crippen LogP contribution in [0.4, 0.5) is 5.00 Å². The molecule has 0 fully saturated rings. The zero-order chi connectivity index (χ0) is 12.2. The smallest absolute Gasteiger partial charge is 0.229 e. The van der Waals surface area contributed by atoms with Gasteiger partial charge in [-0.2, -0.15) is 0 Å². The predicted molar refractivity (Wildman–Crippen MR) is 65.2 cm³/mol. The van der Waals surface area contributed by atoms with Gasteiger partial charge in [0.15, 0.2) is 0 Å². The third kappa shape index (κ3) is 4.24. The molecule has 0 aromatic carbocycles. The molecule has 0 bridgehead atoms. The van der Waals surface area contributed by atoms with Crippen molar-refractivity contribution in [3.8, 4) is 0 Å². The van der Waals surface area contributed by atoms with Crippen LogP contribution < -0.4 is 11.1 Å². The Balaban J connectivity index is 2.56. The Hall–Kier alpha value is -1.01. The standard InChI is InChI=1S/C10H18N4OS/c1-10(2,3)4-7(5-11)9(15)13-8-6-12-14-16-8/h6-7H,4-5,11H2,1-3H3,(H,13,15). The minimum atomic E-state index is -0.165. The fourth-order valence-corrected chi connectivity index (χ4v) is 1.89. The Bertz CT molecular complexity index is 331. The zero-order valence-electron chi connectivity index (χ0n) is 9.86. The molecule has 16 heavy (non-hydrogen) atoms. The first-order chi connectivity index (χ1) is 7.42. The van der Waals surface area contributed by atoms with Gasteiger partial charge >= 0.3 is 0 Å². The lowest BCUT2D eigenvalue weighted by Gasteiger charge is -2.23. The molecular weight excluding hydrogens is 224 g/mol. The molecule has 90 valence electrons. The summed E-state index contributed by atoms with van der Waals surface area (Å²) in [6.45, 7) is 6.64. The molecule has 0 aliphatic carbocycles. The van der Waals surface area contributed by atoms with Gasteiger partial charge in [0.05, 0.1) is 12.1 Å². The van der Waals surface area contributed by atoms with Gasteiger partial charge in [0.2, 0.25) is 5.91 Å². The van der Waals surface area contributed by atoms with E-state index in [1.165, 1.54) is 6.20 Å². The first-order valence-electron chi connectivity index (χ1n) is 5.20. The average Bonchev–Trinajstić information content (AvgIpc) is 2.65. The SMILES string of the molecule is CC(C)(C)CC(CN)C(=O)Nc1cnns1. The van der Waals surface area contributed by atoms with Gasteiger partial charge in [0.25, 0.3) is 0 Å². The fourth-order valence-electron chi connectivity index (χ4n) is 1.47. The minimum absolute atomic E-state index is 0.0523. The Morgan fingerprint density at radius 1 is 1.62 bits per heavy atom. The molecule has 6 heteroatoms. The van der Waals surface area contributed by atoms with Gasteiger partial charge in [-0.1, -0.05) is 25.3 Å². The van der Waals surface area contributed by atoms with Crippen LogP contribution in [-0.2, 0) is 4.79 Å². The Kier molecular flexibility index (Phi) is 4.37. The first-order valence-corrected chi connectivity index (χ1v) is 5.98. The highest BCUT2D eigenvalue weighted by Gasteiger charge is 2.24. The summed E-state index contributed by atoms with van der Waals surface area (Å²) in [6, 6.07) is 0. The third-order valence-electron chi connectivity index (χ3n) is 2.12. The number of nitrogens with zero attached hydrogens (tertiary/aromatic N) is 2. The van der Waals surface area contributed by atoms with Gasteiger partial charge in [-0.15, -0.1) is 5.10 Å². The molecule has 1 amide bonds. The lowest BCUT2D eigenvalue weighted by atomic mass is 9.84. The van der Waals surface area contributed by atoms with E-state index in [0.717, 1.165) is 18.0 Å². The summed E-state index contributed by atoms with van der Waals surface area (Å²) in [5.74, 6) is -0.217. The Labute approximate surface area is 99.6 Å². The van der Waals surface area contributed by atoms with Crippen LogP contribution in [0.5, 0.6) is 0 Å². The maximum atomic E-state index is 11.9. The van der Waals surface area contributed by atoms with Crippen molar-refractivity contribution in [3.05, 3.63) is 6.20 Å². The van der Waals surface area contributed by atoms with Crippen molar-refractivity contribution in [3.63, 3.8) is 0 Å². The summed E-state index contributed by atoms with van der Waals surface area (Å²) in [5, 5.41) is 7.09. The zero-order valence-corrected chi connectivity index (χ0v) is 10.7. The van der Waals surface area contributed by atoms with Crippen molar-refractivity contribution < 1.29 is 4.79 Å². The van der Waals surface area contributed by atoms with Gasteiger partial charge < -0.3 is 11.1 Å². The lowest BCUT2D eigenvalue weighted by molar-refractivity contribution is -0.120. The van der Waals surface area contributed by atoms with E-state index in [9.17, 15) is 4.79 Å². The number of hydrogen-bond acceptors (Lipinski definition) is 5. The Morgan fingerprint density at radius 3 is 2.75 bits per heavy atom. The normalized spacial score (nSPS) is 13.5. The quantitative estimate of drug-likeness (QED) is 0.838. The van der Waals surface area contributed by atoms with Gasteiger partial charge in [-0.25, -0.2) is 0 Å². The summed E-state index contributed by atoms with van der Waals surface area (Å²) in [5.41, 5.74) is 5.71. The molecule has 1 atom stereocenters. The molecule has 1 aromatic heterocycles. The number of carbonyl (C=O) groups is 1. The second-order valence-electron chi connectivity index (χ2n) is 4.97. The summed E-state index contributed by atoms with van der Waals surface area (Å²) in [7, 11) is 0. The van der Waals surface area contributed by atoms with Crippen LogP contribution >= 0.6 is 11.5 Å². The molecule has 0 saturated heterocycles. The van der Waals surface area contributed by atoms with E-state index in [1.807, 2.05) is 0 Å². The van der Waals surface area contributed by atoms with Gasteiger partial charge in [0, 0.05) is 18.1 Å². The van der Waals surface area contributed by atoms with E-state index in [4.69, 9.17) is 5.73 Å². The van der Waals surface area contributed by atoms with Gasteiger partial charge in [-0.05, 0) is 11.8 Å². The molecule has 1 unspecified atom stereocenters. The second-order valence-corrected chi connectivity index (χ2v) is 5.75. The Morgan fingerprint density at radius 2 is 2.31 bits per heavy atom. The molecule has 0 saturated carbocycles. The molecule has 1 aromatic rings. The molecule has 3 N–H and O–H groups in total. The van der Waals surface area contributed by atoms with E-state index >= 15 is 0 Å². The van der Waals surface area contributed by atoms with Crippen LogP contribution in [0.15, 0.2) is 6.20 Å². The average molecular weight is 242 g/mol. The highest BCUT2D eigenvalue weighted by Crippen LogP contribution is 2.25. The number of nitrogens with two attached hydrogens (primary N) is 1.